The van der Waals surface area contributed by atoms with Gasteiger partial charge in [0.15, 0.2) is 0 Å². The Morgan fingerprint density at radius 3 is 2.72 bits per heavy atom. The van der Waals surface area contributed by atoms with Gasteiger partial charge in [-0.05, 0) is 35.9 Å². The Morgan fingerprint density at radius 2 is 2.03 bits per heavy atom. The fourth-order valence-electron chi connectivity index (χ4n) is 2.95. The van der Waals surface area contributed by atoms with Gasteiger partial charge in [-0.25, -0.2) is 4.39 Å². The fraction of sp³-hybridized carbons (Fsp3) is 0.150. The molecule has 0 fully saturated rings. The van der Waals surface area contributed by atoms with E-state index in [1.54, 1.807) is 42.5 Å². The second-order valence-electron chi connectivity index (χ2n) is 6.22. The van der Waals surface area contributed by atoms with E-state index in [-0.39, 0.29) is 17.9 Å². The highest BCUT2D eigenvalue weighted by Crippen LogP contribution is 2.46. The first kappa shape index (κ1) is 19.4. The van der Waals surface area contributed by atoms with Gasteiger partial charge >= 0.3 is 5.97 Å². The molecule has 9 heteroatoms. The van der Waals surface area contributed by atoms with Gasteiger partial charge in [0.2, 0.25) is 0 Å². The van der Waals surface area contributed by atoms with E-state index in [1.807, 2.05) is 12.1 Å². The number of methoxy groups -OCH3 is 1. The van der Waals surface area contributed by atoms with Crippen molar-refractivity contribution in [2.24, 2.45) is 0 Å². The van der Waals surface area contributed by atoms with Crippen molar-refractivity contribution in [2.75, 3.05) is 19.1 Å². The number of carbonyl (C=O) groups is 1. The van der Waals surface area contributed by atoms with Crippen molar-refractivity contribution in [3.05, 3.63) is 73.7 Å². The molecule has 0 atom stereocenters. The van der Waals surface area contributed by atoms with E-state index in [9.17, 15) is 14.0 Å². The van der Waals surface area contributed by atoms with E-state index >= 15 is 0 Å². The largest absolute Gasteiger partial charge is 0.468 e. The monoisotopic (exact) mass is 429 g/mol. The van der Waals surface area contributed by atoms with Gasteiger partial charge in [-0.3, -0.25) is 19.1 Å². The molecule has 0 bridgehead atoms. The molecular weight excluding hydrogens is 413 g/mol. The summed E-state index contributed by atoms with van der Waals surface area (Å²) in [7, 11) is 3.07. The van der Waals surface area contributed by atoms with Crippen molar-refractivity contribution in [1.29, 1.82) is 0 Å². The summed E-state index contributed by atoms with van der Waals surface area (Å²) in [4.78, 5) is 31.3. The molecule has 0 spiro atoms. The number of ether oxygens (including phenoxy) is 1. The van der Waals surface area contributed by atoms with Crippen molar-refractivity contribution in [3.63, 3.8) is 0 Å². The molecule has 0 N–H and O–H groups in total. The summed E-state index contributed by atoms with van der Waals surface area (Å²) in [6.07, 6.45) is 5.11. The highest BCUT2D eigenvalue weighted by atomic mass is 32.2. The lowest BCUT2D eigenvalue weighted by atomic mass is 10.3. The zero-order valence-corrected chi connectivity index (χ0v) is 17.2. The standard InChI is InChI=1S/C20H16FN3O3S2/c1-23-14-5-3-4-13(21)17(14)29-20(23)18-19(26)24(11-16(25)27-2)15(28-18)10-12-6-8-22-9-7-12/h3-10H,11H2,1-2H3/b15-10-,20-18+. The number of fused-ring (bicyclic) bond motifs is 1. The first-order chi connectivity index (χ1) is 14.0. The molecule has 1 aliphatic heterocycles. The molecule has 1 aliphatic rings. The number of halogens is 1. The Balaban J connectivity index is 1.95. The maximum atomic E-state index is 14.2. The third-order valence-electron chi connectivity index (χ3n) is 4.43. The van der Waals surface area contributed by atoms with Gasteiger partial charge < -0.3 is 9.64 Å². The van der Waals surface area contributed by atoms with Crippen LogP contribution in [0.2, 0.25) is 0 Å². The summed E-state index contributed by atoms with van der Waals surface area (Å²) in [5, 5.41) is 0.632. The van der Waals surface area contributed by atoms with Crippen molar-refractivity contribution in [2.45, 2.75) is 11.4 Å². The number of hydrogen-bond donors (Lipinski definition) is 0. The Kier molecular flexibility index (Phi) is 5.25. The third kappa shape index (κ3) is 3.58. The van der Waals surface area contributed by atoms with Gasteiger partial charge in [-0.15, -0.1) is 11.3 Å². The molecule has 2 aromatic heterocycles. The minimum Gasteiger partial charge on any atom is -0.468 e. The molecule has 3 heterocycles. The summed E-state index contributed by atoms with van der Waals surface area (Å²) >= 11 is 2.47. The van der Waals surface area contributed by atoms with Gasteiger partial charge in [-0.1, -0.05) is 17.8 Å². The van der Waals surface area contributed by atoms with Crippen molar-refractivity contribution < 1.29 is 13.9 Å². The number of thioether (sulfide) groups is 1. The quantitative estimate of drug-likeness (QED) is 0.591. The maximum absolute atomic E-state index is 14.2. The van der Waals surface area contributed by atoms with Crippen LogP contribution in [0.3, 0.4) is 0 Å². The molecule has 0 unspecified atom stereocenters. The number of pyridine rings is 1. The number of benzene rings is 1. The molecule has 0 saturated carbocycles. The number of anilines is 1. The van der Waals surface area contributed by atoms with Crippen LogP contribution in [0, 0.1) is 5.82 Å². The third-order valence-corrected chi connectivity index (χ3v) is 6.96. The highest BCUT2D eigenvalue weighted by Gasteiger charge is 2.27. The van der Waals surface area contributed by atoms with E-state index < -0.39 is 5.97 Å². The van der Waals surface area contributed by atoms with Crippen LogP contribution < -0.4 is 19.7 Å². The molecular formula is C20H16FN3O3S2. The number of carbonyl (C=O) groups excluding carboxylic acids is 1. The lowest BCUT2D eigenvalue weighted by Gasteiger charge is -2.11. The van der Waals surface area contributed by atoms with Crippen molar-refractivity contribution >= 4 is 45.9 Å². The minimum absolute atomic E-state index is 0.203. The van der Waals surface area contributed by atoms with E-state index in [0.29, 0.717) is 24.8 Å². The SMILES string of the molecule is COC(=O)Cn1c(=O)/c(=C2\Sc3c(F)cccc3N2C)s/c1=C\c1ccncc1. The summed E-state index contributed by atoms with van der Waals surface area (Å²) in [5.41, 5.74) is 1.23. The van der Waals surface area contributed by atoms with Crippen LogP contribution in [0.1, 0.15) is 5.56 Å². The molecule has 4 rings (SSSR count). The minimum atomic E-state index is -0.521. The number of rotatable bonds is 3. The fourth-order valence-corrected chi connectivity index (χ4v) is 5.37. The summed E-state index contributed by atoms with van der Waals surface area (Å²) in [6, 6.07) is 8.46. The Bertz CT molecular complexity index is 1270. The molecule has 29 heavy (non-hydrogen) atoms. The number of thiazole rings is 1. The molecule has 148 valence electrons. The summed E-state index contributed by atoms with van der Waals surface area (Å²) < 4.78 is 21.4. The van der Waals surface area contributed by atoms with Crippen LogP contribution in [-0.2, 0) is 16.1 Å². The first-order valence-corrected chi connectivity index (χ1v) is 10.3. The summed E-state index contributed by atoms with van der Waals surface area (Å²) in [5.74, 6) is -0.850. The van der Waals surface area contributed by atoms with Gasteiger partial charge in [0.25, 0.3) is 5.56 Å². The van der Waals surface area contributed by atoms with Crippen LogP contribution in [0.15, 0.2) is 52.4 Å². The van der Waals surface area contributed by atoms with Crippen LogP contribution >= 0.6 is 23.1 Å². The van der Waals surface area contributed by atoms with Gasteiger partial charge in [0.05, 0.1) is 22.4 Å². The van der Waals surface area contributed by atoms with Gasteiger partial charge in [0, 0.05) is 19.4 Å². The average molecular weight is 429 g/mol. The van der Waals surface area contributed by atoms with Crippen LogP contribution in [0.4, 0.5) is 10.1 Å². The van der Waals surface area contributed by atoms with Crippen LogP contribution in [0.25, 0.3) is 11.1 Å². The topological polar surface area (TPSA) is 64.4 Å². The van der Waals surface area contributed by atoms with Crippen LogP contribution in [-0.4, -0.2) is 29.7 Å². The predicted octanol–water partition coefficient (Wildman–Crippen LogP) is 1.75. The second kappa shape index (κ2) is 7.84. The van der Waals surface area contributed by atoms with E-state index in [4.69, 9.17) is 4.74 Å². The molecule has 3 aromatic rings. The molecule has 6 nitrogen and oxygen atoms in total. The summed E-state index contributed by atoms with van der Waals surface area (Å²) in [6.45, 7) is -0.203. The van der Waals surface area contributed by atoms with Gasteiger partial charge in [0.1, 0.15) is 21.9 Å². The zero-order valence-electron chi connectivity index (χ0n) is 15.6. The first-order valence-electron chi connectivity index (χ1n) is 8.62. The normalized spacial score (nSPS) is 15.6. The number of esters is 1. The number of aromatic nitrogens is 2. The molecule has 0 amide bonds. The Labute approximate surface area is 173 Å². The lowest BCUT2D eigenvalue weighted by Crippen LogP contribution is -2.36. The predicted molar refractivity (Wildman–Crippen MR) is 112 cm³/mol. The number of nitrogens with zero attached hydrogens (tertiary/aromatic N) is 3. The van der Waals surface area contributed by atoms with Gasteiger partial charge in [-0.2, -0.15) is 0 Å². The Morgan fingerprint density at radius 1 is 1.28 bits per heavy atom. The molecule has 0 aliphatic carbocycles. The van der Waals surface area contributed by atoms with Crippen LogP contribution in [0.5, 0.6) is 0 Å². The smallest absolute Gasteiger partial charge is 0.325 e. The highest BCUT2D eigenvalue weighted by molar-refractivity contribution is 8.08. The molecule has 0 radical (unpaired) electrons. The second-order valence-corrected chi connectivity index (χ2v) is 8.25. The maximum Gasteiger partial charge on any atom is 0.325 e. The molecule has 1 aromatic carbocycles. The van der Waals surface area contributed by atoms with Crippen molar-refractivity contribution in [3.8, 4) is 0 Å². The van der Waals surface area contributed by atoms with E-state index in [0.717, 1.165) is 5.56 Å². The Hall–Kier alpha value is -2.91. The van der Waals surface area contributed by atoms with E-state index in [2.05, 4.69) is 4.98 Å². The lowest BCUT2D eigenvalue weighted by molar-refractivity contribution is -0.141. The zero-order chi connectivity index (χ0) is 20.5. The van der Waals surface area contributed by atoms with E-state index in [1.165, 1.54) is 40.8 Å². The van der Waals surface area contributed by atoms with Crippen molar-refractivity contribution in [1.82, 2.24) is 9.55 Å². The average Bonchev–Trinajstić information content (AvgIpc) is 3.21. The molecule has 0 saturated heterocycles. The number of hydrogen-bond acceptors (Lipinski definition) is 7.